The second kappa shape index (κ2) is 6.24. The molecule has 96 valence electrons. The average molecular weight is 245 g/mol. The third-order valence-electron chi connectivity index (χ3n) is 3.15. The molecule has 0 spiro atoms. The zero-order valence-electron chi connectivity index (χ0n) is 10.7. The van der Waals surface area contributed by atoms with Crippen LogP contribution in [0.4, 0.5) is 4.79 Å². The molecule has 3 heteroatoms. The number of hydrogen-bond donors (Lipinski definition) is 0. The smallest absolute Gasteiger partial charge is 0.409 e. The van der Waals surface area contributed by atoms with Crippen molar-refractivity contribution in [3.63, 3.8) is 0 Å². The van der Waals surface area contributed by atoms with Crippen molar-refractivity contribution < 1.29 is 9.53 Å². The van der Waals surface area contributed by atoms with E-state index >= 15 is 0 Å². The summed E-state index contributed by atoms with van der Waals surface area (Å²) in [5.41, 5.74) is 1.02. The van der Waals surface area contributed by atoms with E-state index in [1.165, 1.54) is 0 Å². The summed E-state index contributed by atoms with van der Waals surface area (Å²) in [4.78, 5) is 13.5. The Hall–Kier alpha value is -1.77. The second-order valence-electron chi connectivity index (χ2n) is 4.73. The van der Waals surface area contributed by atoms with Gasteiger partial charge in [-0.05, 0) is 24.3 Å². The topological polar surface area (TPSA) is 29.5 Å². The first-order valence-corrected chi connectivity index (χ1v) is 6.32. The largest absolute Gasteiger partial charge is 0.445 e. The van der Waals surface area contributed by atoms with Gasteiger partial charge in [0.1, 0.15) is 6.61 Å². The summed E-state index contributed by atoms with van der Waals surface area (Å²) in [6.45, 7) is 1.10. The van der Waals surface area contributed by atoms with E-state index in [9.17, 15) is 4.79 Å². The van der Waals surface area contributed by atoms with Crippen LogP contribution in [0.15, 0.2) is 42.5 Å². The molecule has 0 bridgehead atoms. The van der Waals surface area contributed by atoms with Crippen molar-refractivity contribution in [1.29, 1.82) is 0 Å². The Morgan fingerprint density at radius 1 is 1.28 bits per heavy atom. The molecule has 1 aliphatic carbocycles. The van der Waals surface area contributed by atoms with E-state index in [-0.39, 0.29) is 6.09 Å². The standard InChI is InChI=1S/C15H19NO2/c1-16(11-13-7-5-6-8-13)15(17)18-12-14-9-3-2-4-10-14/h2-6,9-10,13H,7-8,11-12H2,1H3. The fourth-order valence-electron chi connectivity index (χ4n) is 2.11. The summed E-state index contributed by atoms with van der Waals surface area (Å²) in [6.07, 6.45) is 6.24. The first-order chi connectivity index (χ1) is 8.75. The van der Waals surface area contributed by atoms with Crippen molar-refractivity contribution in [1.82, 2.24) is 4.90 Å². The van der Waals surface area contributed by atoms with Gasteiger partial charge in [0.05, 0.1) is 0 Å². The Morgan fingerprint density at radius 3 is 2.61 bits per heavy atom. The fraction of sp³-hybridized carbons (Fsp3) is 0.400. The van der Waals surface area contributed by atoms with Gasteiger partial charge in [0.25, 0.3) is 0 Å². The van der Waals surface area contributed by atoms with E-state index < -0.39 is 0 Å². The number of benzene rings is 1. The van der Waals surface area contributed by atoms with Gasteiger partial charge >= 0.3 is 6.09 Å². The molecule has 1 aromatic rings. The molecule has 1 aromatic carbocycles. The molecule has 0 aliphatic heterocycles. The first kappa shape index (κ1) is 12.7. The molecule has 0 heterocycles. The Kier molecular flexibility index (Phi) is 4.40. The highest BCUT2D eigenvalue weighted by Gasteiger charge is 2.17. The van der Waals surface area contributed by atoms with Crippen molar-refractivity contribution in [3.8, 4) is 0 Å². The van der Waals surface area contributed by atoms with Crippen LogP contribution in [-0.4, -0.2) is 24.6 Å². The van der Waals surface area contributed by atoms with Crippen LogP contribution in [0.2, 0.25) is 0 Å². The molecule has 0 saturated heterocycles. The molecule has 0 N–H and O–H groups in total. The molecule has 1 amide bonds. The molecule has 1 aliphatic rings. The second-order valence-corrected chi connectivity index (χ2v) is 4.73. The first-order valence-electron chi connectivity index (χ1n) is 6.32. The maximum Gasteiger partial charge on any atom is 0.409 e. The van der Waals surface area contributed by atoms with Gasteiger partial charge in [0.15, 0.2) is 0 Å². The molecule has 0 radical (unpaired) electrons. The maximum atomic E-state index is 11.8. The Morgan fingerprint density at radius 2 is 1.94 bits per heavy atom. The predicted octanol–water partition coefficient (Wildman–Crippen LogP) is 3.22. The Bertz CT molecular complexity index is 406. The van der Waals surface area contributed by atoms with Crippen LogP contribution in [0.25, 0.3) is 0 Å². The minimum Gasteiger partial charge on any atom is -0.445 e. The van der Waals surface area contributed by atoms with E-state index in [1.54, 1.807) is 11.9 Å². The number of amides is 1. The minimum atomic E-state index is -0.245. The lowest BCUT2D eigenvalue weighted by Crippen LogP contribution is -2.31. The van der Waals surface area contributed by atoms with Crippen molar-refractivity contribution in [3.05, 3.63) is 48.0 Å². The highest BCUT2D eigenvalue weighted by molar-refractivity contribution is 5.67. The summed E-state index contributed by atoms with van der Waals surface area (Å²) in [5, 5.41) is 0. The van der Waals surface area contributed by atoms with Crippen LogP contribution in [0, 0.1) is 5.92 Å². The number of hydrogen-bond acceptors (Lipinski definition) is 2. The number of nitrogens with zero attached hydrogens (tertiary/aromatic N) is 1. The molecule has 0 fully saturated rings. The van der Waals surface area contributed by atoms with Gasteiger partial charge in [-0.2, -0.15) is 0 Å². The third kappa shape index (κ3) is 3.62. The van der Waals surface area contributed by atoms with Gasteiger partial charge in [-0.3, -0.25) is 0 Å². The van der Waals surface area contributed by atoms with Gasteiger partial charge in [0, 0.05) is 13.6 Å². The summed E-state index contributed by atoms with van der Waals surface area (Å²) < 4.78 is 5.27. The SMILES string of the molecule is CN(CC1CC=CC1)C(=O)OCc1ccccc1. The van der Waals surface area contributed by atoms with Gasteiger partial charge in [-0.1, -0.05) is 42.5 Å². The van der Waals surface area contributed by atoms with Crippen molar-refractivity contribution in [2.24, 2.45) is 5.92 Å². The van der Waals surface area contributed by atoms with E-state index in [4.69, 9.17) is 4.74 Å². The van der Waals surface area contributed by atoms with Gasteiger partial charge in [-0.25, -0.2) is 4.79 Å². The van der Waals surface area contributed by atoms with Crippen LogP contribution in [0.3, 0.4) is 0 Å². The molecule has 0 unspecified atom stereocenters. The average Bonchev–Trinajstić information content (AvgIpc) is 2.90. The Labute approximate surface area is 108 Å². The van der Waals surface area contributed by atoms with E-state index in [0.717, 1.165) is 24.9 Å². The van der Waals surface area contributed by atoms with Crippen molar-refractivity contribution in [2.75, 3.05) is 13.6 Å². The van der Waals surface area contributed by atoms with E-state index in [0.29, 0.717) is 12.5 Å². The fourth-order valence-corrected chi connectivity index (χ4v) is 2.11. The molecule has 0 saturated carbocycles. The van der Waals surface area contributed by atoms with E-state index in [1.807, 2.05) is 30.3 Å². The predicted molar refractivity (Wildman–Crippen MR) is 71.1 cm³/mol. The lowest BCUT2D eigenvalue weighted by molar-refractivity contribution is 0.1000. The molecule has 3 nitrogen and oxygen atoms in total. The maximum absolute atomic E-state index is 11.8. The van der Waals surface area contributed by atoms with Gasteiger partial charge < -0.3 is 9.64 Å². The minimum absolute atomic E-state index is 0.245. The van der Waals surface area contributed by atoms with Crippen LogP contribution in [0.5, 0.6) is 0 Å². The number of allylic oxidation sites excluding steroid dienone is 2. The quantitative estimate of drug-likeness (QED) is 0.762. The van der Waals surface area contributed by atoms with Crippen molar-refractivity contribution >= 4 is 6.09 Å². The summed E-state index contributed by atoms with van der Waals surface area (Å²) in [5.74, 6) is 0.555. The van der Waals surface area contributed by atoms with Gasteiger partial charge in [-0.15, -0.1) is 0 Å². The molecular weight excluding hydrogens is 226 g/mol. The highest BCUT2D eigenvalue weighted by atomic mass is 16.6. The number of rotatable bonds is 4. The molecule has 0 atom stereocenters. The third-order valence-corrected chi connectivity index (χ3v) is 3.15. The van der Waals surface area contributed by atoms with Crippen molar-refractivity contribution in [2.45, 2.75) is 19.4 Å². The van der Waals surface area contributed by atoms with E-state index in [2.05, 4.69) is 12.2 Å². The summed E-state index contributed by atoms with van der Waals surface area (Å²) >= 11 is 0. The lowest BCUT2D eigenvalue weighted by Gasteiger charge is -2.20. The number of ether oxygens (including phenoxy) is 1. The number of carbonyl (C=O) groups excluding carboxylic acids is 1. The van der Waals surface area contributed by atoms with Crippen LogP contribution in [-0.2, 0) is 11.3 Å². The number of carbonyl (C=O) groups is 1. The zero-order valence-corrected chi connectivity index (χ0v) is 10.7. The monoisotopic (exact) mass is 245 g/mol. The molecule has 18 heavy (non-hydrogen) atoms. The summed E-state index contributed by atoms with van der Waals surface area (Å²) in [7, 11) is 1.80. The van der Waals surface area contributed by atoms with Gasteiger partial charge in [0.2, 0.25) is 0 Å². The normalized spacial score (nSPS) is 14.7. The Balaban J connectivity index is 1.73. The highest BCUT2D eigenvalue weighted by Crippen LogP contribution is 2.18. The summed E-state index contributed by atoms with van der Waals surface area (Å²) in [6, 6.07) is 9.74. The molecule has 2 rings (SSSR count). The van der Waals surface area contributed by atoms with Crippen LogP contribution in [0.1, 0.15) is 18.4 Å². The molecular formula is C15H19NO2. The zero-order chi connectivity index (χ0) is 12.8. The lowest BCUT2D eigenvalue weighted by atomic mass is 10.1. The molecule has 0 aromatic heterocycles. The van der Waals surface area contributed by atoms with Crippen LogP contribution >= 0.6 is 0 Å². The van der Waals surface area contributed by atoms with Crippen LogP contribution < -0.4 is 0 Å².